The van der Waals surface area contributed by atoms with Crippen molar-refractivity contribution in [2.45, 2.75) is 12.7 Å². The van der Waals surface area contributed by atoms with Crippen molar-refractivity contribution in [2.24, 2.45) is 0 Å². The van der Waals surface area contributed by atoms with Crippen LogP contribution in [0.3, 0.4) is 0 Å². The number of nitrogens with zero attached hydrogens (tertiary/aromatic N) is 2. The summed E-state index contributed by atoms with van der Waals surface area (Å²) in [6, 6.07) is 8.83. The molecule has 0 fully saturated rings. The summed E-state index contributed by atoms with van der Waals surface area (Å²) >= 11 is 0. The van der Waals surface area contributed by atoms with Crippen LogP contribution in [0.1, 0.15) is 21.6 Å². The third-order valence-corrected chi connectivity index (χ3v) is 3.61. The number of hydrogen-bond acceptors (Lipinski definition) is 3. The van der Waals surface area contributed by atoms with Gasteiger partial charge in [0, 0.05) is 18.0 Å². The molecule has 0 aliphatic heterocycles. The second-order valence-corrected chi connectivity index (χ2v) is 5.32. The Kier molecular flexibility index (Phi) is 4.35. The van der Waals surface area contributed by atoms with Gasteiger partial charge in [0.15, 0.2) is 0 Å². The molecule has 1 N–H and O–H groups in total. The first-order chi connectivity index (χ1) is 11.9. The minimum Gasteiger partial charge on any atom is -0.497 e. The van der Waals surface area contributed by atoms with Gasteiger partial charge in [-0.25, -0.2) is 4.98 Å². The lowest BCUT2D eigenvalue weighted by Crippen LogP contribution is -2.22. The van der Waals surface area contributed by atoms with Gasteiger partial charge in [0.25, 0.3) is 5.91 Å². The summed E-state index contributed by atoms with van der Waals surface area (Å²) in [6.07, 6.45) is -1.99. The summed E-state index contributed by atoms with van der Waals surface area (Å²) in [7, 11) is 1.53. The number of rotatable bonds is 4. The zero-order chi connectivity index (χ0) is 18.0. The average molecular weight is 349 g/mol. The van der Waals surface area contributed by atoms with Crippen LogP contribution in [0.15, 0.2) is 48.8 Å². The molecule has 0 saturated carbocycles. The monoisotopic (exact) mass is 349 g/mol. The number of ether oxygens (including phenoxy) is 1. The van der Waals surface area contributed by atoms with Crippen molar-refractivity contribution in [3.63, 3.8) is 0 Å². The van der Waals surface area contributed by atoms with Crippen molar-refractivity contribution in [1.29, 1.82) is 0 Å². The molecule has 8 heteroatoms. The molecule has 1 amide bonds. The number of pyridine rings is 1. The summed E-state index contributed by atoms with van der Waals surface area (Å²) in [4.78, 5) is 16.3. The standard InChI is InChI=1S/C17H14F3N3O2/c1-25-14-5-2-11(3-6-14)16(24)21-8-13-10-23-9-12(17(18,19)20)4-7-15(23)22-13/h2-7,9-10H,8H2,1H3,(H,21,24). The molecule has 1 aromatic carbocycles. The fourth-order valence-electron chi connectivity index (χ4n) is 2.31. The Balaban J connectivity index is 1.71. The maximum Gasteiger partial charge on any atom is 0.417 e. The molecule has 0 spiro atoms. The molecule has 25 heavy (non-hydrogen) atoms. The van der Waals surface area contributed by atoms with Gasteiger partial charge in [-0.2, -0.15) is 13.2 Å². The van der Waals surface area contributed by atoms with Crippen molar-refractivity contribution < 1.29 is 22.7 Å². The predicted molar refractivity (Wildman–Crippen MR) is 84.4 cm³/mol. The van der Waals surface area contributed by atoms with Gasteiger partial charge in [0.2, 0.25) is 0 Å². The molecule has 130 valence electrons. The van der Waals surface area contributed by atoms with E-state index in [0.29, 0.717) is 22.7 Å². The molecule has 0 aliphatic carbocycles. The van der Waals surface area contributed by atoms with Crippen LogP contribution in [0.5, 0.6) is 5.75 Å². The highest BCUT2D eigenvalue weighted by Gasteiger charge is 2.30. The van der Waals surface area contributed by atoms with Gasteiger partial charge in [-0.05, 0) is 36.4 Å². The fraction of sp³-hybridized carbons (Fsp3) is 0.176. The summed E-state index contributed by atoms with van der Waals surface area (Å²) in [5, 5.41) is 2.68. The minimum absolute atomic E-state index is 0.105. The van der Waals surface area contributed by atoms with Gasteiger partial charge >= 0.3 is 6.18 Å². The van der Waals surface area contributed by atoms with Crippen molar-refractivity contribution in [3.05, 3.63) is 65.6 Å². The van der Waals surface area contributed by atoms with Crippen molar-refractivity contribution in [3.8, 4) is 5.75 Å². The molecule has 2 aromatic heterocycles. The molecule has 3 rings (SSSR count). The molecule has 0 aliphatic rings. The number of methoxy groups -OCH3 is 1. The third-order valence-electron chi connectivity index (χ3n) is 3.61. The lowest BCUT2D eigenvalue weighted by Gasteiger charge is -2.05. The second kappa shape index (κ2) is 6.46. The van der Waals surface area contributed by atoms with Gasteiger partial charge in [-0.3, -0.25) is 4.79 Å². The molecule has 0 radical (unpaired) electrons. The first kappa shape index (κ1) is 16.8. The summed E-state index contributed by atoms with van der Waals surface area (Å²) in [5.74, 6) is 0.327. The van der Waals surface area contributed by atoms with E-state index in [1.165, 1.54) is 23.8 Å². The van der Waals surface area contributed by atoms with Crippen LogP contribution in [0.25, 0.3) is 5.65 Å². The van der Waals surface area contributed by atoms with E-state index < -0.39 is 11.7 Å². The van der Waals surface area contributed by atoms with Crippen molar-refractivity contribution in [2.75, 3.05) is 7.11 Å². The van der Waals surface area contributed by atoms with Crippen LogP contribution in [-0.2, 0) is 12.7 Å². The number of fused-ring (bicyclic) bond motifs is 1. The number of carbonyl (C=O) groups excluding carboxylic acids is 1. The lowest BCUT2D eigenvalue weighted by molar-refractivity contribution is -0.137. The number of benzene rings is 1. The normalized spacial score (nSPS) is 11.5. The van der Waals surface area contributed by atoms with Gasteiger partial charge in [0.1, 0.15) is 11.4 Å². The Bertz CT molecular complexity index is 902. The van der Waals surface area contributed by atoms with Crippen LogP contribution >= 0.6 is 0 Å². The smallest absolute Gasteiger partial charge is 0.417 e. The van der Waals surface area contributed by atoms with Crippen molar-refractivity contribution in [1.82, 2.24) is 14.7 Å². The number of aromatic nitrogens is 2. The average Bonchev–Trinajstić information content (AvgIpc) is 3.01. The van der Waals surface area contributed by atoms with E-state index in [2.05, 4.69) is 10.3 Å². The Labute approximate surface area is 141 Å². The van der Waals surface area contributed by atoms with E-state index >= 15 is 0 Å². The molecule has 3 aromatic rings. The van der Waals surface area contributed by atoms with E-state index in [-0.39, 0.29) is 12.5 Å². The highest BCUT2D eigenvalue weighted by molar-refractivity contribution is 5.94. The first-order valence-electron chi connectivity index (χ1n) is 7.34. The Morgan fingerprint density at radius 2 is 1.88 bits per heavy atom. The van der Waals surface area contributed by atoms with E-state index in [1.54, 1.807) is 24.3 Å². The van der Waals surface area contributed by atoms with Crippen LogP contribution in [0.4, 0.5) is 13.2 Å². The van der Waals surface area contributed by atoms with Crippen LogP contribution < -0.4 is 10.1 Å². The number of hydrogen-bond donors (Lipinski definition) is 1. The number of halogens is 3. The summed E-state index contributed by atoms with van der Waals surface area (Å²) in [5.41, 5.74) is 0.526. The molecular weight excluding hydrogens is 335 g/mol. The van der Waals surface area contributed by atoms with Crippen molar-refractivity contribution >= 4 is 11.6 Å². The van der Waals surface area contributed by atoms with E-state index in [4.69, 9.17) is 4.74 Å². The number of amides is 1. The Morgan fingerprint density at radius 3 is 2.52 bits per heavy atom. The maximum atomic E-state index is 12.7. The Morgan fingerprint density at radius 1 is 1.16 bits per heavy atom. The lowest BCUT2D eigenvalue weighted by atomic mass is 10.2. The number of alkyl halides is 3. The summed E-state index contributed by atoms with van der Waals surface area (Å²) < 4.78 is 44.5. The van der Waals surface area contributed by atoms with Gasteiger partial charge in [0.05, 0.1) is 24.9 Å². The molecule has 0 unspecified atom stereocenters. The van der Waals surface area contributed by atoms with Gasteiger partial charge in [-0.15, -0.1) is 0 Å². The molecule has 0 atom stereocenters. The molecule has 0 bridgehead atoms. The maximum absolute atomic E-state index is 12.7. The summed E-state index contributed by atoms with van der Waals surface area (Å²) in [6.45, 7) is 0.105. The fourth-order valence-corrected chi connectivity index (χ4v) is 2.31. The van der Waals surface area contributed by atoms with Crippen LogP contribution in [0.2, 0.25) is 0 Å². The minimum atomic E-state index is -4.42. The molecule has 5 nitrogen and oxygen atoms in total. The molecular formula is C17H14F3N3O2. The number of imidazole rings is 1. The van der Waals surface area contributed by atoms with Crippen LogP contribution in [0, 0.1) is 0 Å². The first-order valence-corrected chi connectivity index (χ1v) is 7.34. The van der Waals surface area contributed by atoms with E-state index in [9.17, 15) is 18.0 Å². The van der Waals surface area contributed by atoms with Gasteiger partial charge < -0.3 is 14.5 Å². The van der Waals surface area contributed by atoms with E-state index in [0.717, 1.165) is 12.3 Å². The highest BCUT2D eigenvalue weighted by Crippen LogP contribution is 2.29. The number of nitrogens with one attached hydrogen (secondary N) is 1. The molecule has 0 saturated heterocycles. The van der Waals surface area contributed by atoms with Gasteiger partial charge in [-0.1, -0.05) is 0 Å². The quantitative estimate of drug-likeness (QED) is 0.786. The SMILES string of the molecule is COc1ccc(C(=O)NCc2cn3cc(C(F)(F)F)ccc3n2)cc1. The predicted octanol–water partition coefficient (Wildman–Crippen LogP) is 3.29. The number of carbonyl (C=O) groups is 1. The molecule has 2 heterocycles. The zero-order valence-electron chi connectivity index (χ0n) is 13.2. The van der Waals surface area contributed by atoms with E-state index in [1.807, 2.05) is 0 Å². The third kappa shape index (κ3) is 3.73. The largest absolute Gasteiger partial charge is 0.497 e. The second-order valence-electron chi connectivity index (χ2n) is 5.32. The highest BCUT2D eigenvalue weighted by atomic mass is 19.4. The van der Waals surface area contributed by atoms with Crippen LogP contribution in [-0.4, -0.2) is 22.4 Å². The Hall–Kier alpha value is -3.03. The topological polar surface area (TPSA) is 55.6 Å². The zero-order valence-corrected chi connectivity index (χ0v) is 13.2.